The Balaban J connectivity index is -0.0000000257. The summed E-state index contributed by atoms with van der Waals surface area (Å²) in [4.78, 5) is 0. The molecule has 4 heteroatoms. The van der Waals surface area contributed by atoms with Gasteiger partial charge in [0, 0.05) is 0 Å². The monoisotopic (exact) mass is 300 g/mol. The van der Waals surface area contributed by atoms with E-state index in [0.29, 0.717) is 0 Å². The third-order valence-electron chi connectivity index (χ3n) is 0. The van der Waals surface area contributed by atoms with Gasteiger partial charge in [-0.05, 0) is 0 Å². The van der Waals surface area contributed by atoms with Gasteiger partial charge in [-0.3, -0.25) is 0 Å². The molecule has 0 aliphatic carbocycles. The van der Waals surface area contributed by atoms with Crippen LogP contribution in [0.25, 0.3) is 0 Å². The zero-order valence-corrected chi connectivity index (χ0v) is 8.58. The maximum atomic E-state index is 8.93. The van der Waals surface area contributed by atoms with Crippen LogP contribution in [0.3, 0.4) is 0 Å². The predicted octanol–water partition coefficient (Wildman–Crippen LogP) is -1.90. The van der Waals surface area contributed by atoms with Crippen molar-refractivity contribution in [1.29, 1.82) is 0 Å². The summed E-state index contributed by atoms with van der Waals surface area (Å²) >= 11 is 0. The molecule has 0 aliphatic heterocycles. The molecule has 0 aromatic carbocycles. The fourth-order valence-electron chi connectivity index (χ4n) is 0. The van der Waals surface area contributed by atoms with Crippen molar-refractivity contribution >= 4 is 0 Å². The Kier molecular flexibility index (Phi) is 111. The molecule has 0 radical (unpaired) electrons. The SMILES string of the molecule is CC[O-].CC[O-].CC[O-].[Ho+3]. The summed E-state index contributed by atoms with van der Waals surface area (Å²) in [5, 5.41) is 26.8. The first-order chi connectivity index (χ1) is 4.24. The largest absolute Gasteiger partial charge is 3.00 e. The van der Waals surface area contributed by atoms with Gasteiger partial charge in [-0.15, -0.1) is 19.8 Å². The first kappa shape index (κ1) is 22.5. The van der Waals surface area contributed by atoms with Crippen molar-refractivity contribution in [2.75, 3.05) is 19.8 Å². The van der Waals surface area contributed by atoms with E-state index in [1.165, 1.54) is 0 Å². The van der Waals surface area contributed by atoms with Crippen LogP contribution in [0.2, 0.25) is 0 Å². The van der Waals surface area contributed by atoms with Crippen molar-refractivity contribution in [2.45, 2.75) is 20.8 Å². The topological polar surface area (TPSA) is 69.2 Å². The van der Waals surface area contributed by atoms with Gasteiger partial charge in [0.15, 0.2) is 0 Å². The molecule has 0 spiro atoms. The molecule has 0 atom stereocenters. The second-order valence-corrected chi connectivity index (χ2v) is 0.866. The van der Waals surface area contributed by atoms with Gasteiger partial charge in [0.05, 0.1) is 0 Å². The number of rotatable bonds is 0. The van der Waals surface area contributed by atoms with Crippen LogP contribution in [0.4, 0.5) is 0 Å². The maximum Gasteiger partial charge on any atom is 3.00 e. The molecular weight excluding hydrogens is 285 g/mol. The quantitative estimate of drug-likeness (QED) is 0.491. The van der Waals surface area contributed by atoms with Gasteiger partial charge in [-0.25, -0.2) is 0 Å². The third kappa shape index (κ3) is 466. The van der Waals surface area contributed by atoms with Gasteiger partial charge in [0.1, 0.15) is 0 Å². The summed E-state index contributed by atoms with van der Waals surface area (Å²) in [6, 6.07) is 0. The molecule has 0 saturated carbocycles. The summed E-state index contributed by atoms with van der Waals surface area (Å²) in [6.07, 6.45) is 0. The molecule has 0 saturated heterocycles. The molecule has 0 bridgehead atoms. The van der Waals surface area contributed by atoms with Gasteiger partial charge in [0.25, 0.3) is 0 Å². The van der Waals surface area contributed by atoms with Crippen LogP contribution in [0, 0.1) is 37.7 Å². The average Bonchev–Trinajstić information content (AvgIpc) is 1.70. The van der Waals surface area contributed by atoms with E-state index >= 15 is 0 Å². The Morgan fingerprint density at radius 2 is 0.700 bits per heavy atom. The smallest absolute Gasteiger partial charge is 0.855 e. The van der Waals surface area contributed by atoms with Crippen molar-refractivity contribution in [3.63, 3.8) is 0 Å². The van der Waals surface area contributed by atoms with E-state index < -0.39 is 0 Å². The molecule has 3 nitrogen and oxygen atoms in total. The zero-order valence-electron chi connectivity index (χ0n) is 6.65. The van der Waals surface area contributed by atoms with E-state index in [-0.39, 0.29) is 57.6 Å². The minimum atomic E-state index is 0. The summed E-state index contributed by atoms with van der Waals surface area (Å²) < 4.78 is 0. The standard InChI is InChI=1S/3C2H5O.Ho/c3*1-2-3;/h3*2H2,1H3;/q3*-1;+3. The van der Waals surface area contributed by atoms with Crippen LogP contribution in [0.1, 0.15) is 20.8 Å². The van der Waals surface area contributed by atoms with Crippen LogP contribution in [0.15, 0.2) is 0 Å². The van der Waals surface area contributed by atoms with E-state index in [2.05, 4.69) is 0 Å². The van der Waals surface area contributed by atoms with Crippen LogP contribution in [-0.4, -0.2) is 19.8 Å². The fourth-order valence-corrected chi connectivity index (χ4v) is 0. The van der Waals surface area contributed by atoms with Crippen molar-refractivity contribution in [3.8, 4) is 0 Å². The summed E-state index contributed by atoms with van der Waals surface area (Å²) in [5.41, 5.74) is 0. The molecule has 0 unspecified atom stereocenters. The molecule has 0 heterocycles. The van der Waals surface area contributed by atoms with E-state index in [1.807, 2.05) is 0 Å². The summed E-state index contributed by atoms with van der Waals surface area (Å²) in [6.45, 7) is 4.71. The molecular formula is C6H15HoO3. The second-order valence-electron chi connectivity index (χ2n) is 0.866. The Morgan fingerprint density at radius 3 is 0.700 bits per heavy atom. The van der Waals surface area contributed by atoms with Crippen LogP contribution in [0.5, 0.6) is 0 Å². The minimum absolute atomic E-state index is 0. The van der Waals surface area contributed by atoms with Crippen molar-refractivity contribution < 1.29 is 53.1 Å². The third-order valence-corrected chi connectivity index (χ3v) is 0. The van der Waals surface area contributed by atoms with E-state index in [9.17, 15) is 0 Å². The minimum Gasteiger partial charge on any atom is -0.855 e. The van der Waals surface area contributed by atoms with Gasteiger partial charge in [-0.1, -0.05) is 20.8 Å². The van der Waals surface area contributed by atoms with E-state index in [1.54, 1.807) is 20.8 Å². The van der Waals surface area contributed by atoms with Crippen molar-refractivity contribution in [3.05, 3.63) is 0 Å². The molecule has 68 valence electrons. The number of hydrogen-bond donors (Lipinski definition) is 0. The van der Waals surface area contributed by atoms with Crippen LogP contribution >= 0.6 is 0 Å². The Labute approximate surface area is 93.1 Å². The molecule has 0 aromatic rings. The number of hydrogen-bond acceptors (Lipinski definition) is 3. The first-order valence-corrected chi connectivity index (χ1v) is 2.99. The first-order valence-electron chi connectivity index (χ1n) is 2.99. The van der Waals surface area contributed by atoms with E-state index in [4.69, 9.17) is 15.3 Å². The van der Waals surface area contributed by atoms with Gasteiger partial charge in [-0.2, -0.15) is 0 Å². The van der Waals surface area contributed by atoms with Gasteiger partial charge >= 0.3 is 37.7 Å². The van der Waals surface area contributed by atoms with Crippen molar-refractivity contribution in [1.82, 2.24) is 0 Å². The predicted molar refractivity (Wildman–Crippen MR) is 31.6 cm³/mol. The molecule has 0 rings (SSSR count). The summed E-state index contributed by atoms with van der Waals surface area (Å²) in [7, 11) is 0. The zero-order chi connectivity index (χ0) is 8.12. The van der Waals surface area contributed by atoms with Gasteiger partial charge in [0.2, 0.25) is 0 Å². The molecule has 0 aliphatic rings. The Morgan fingerprint density at radius 1 is 0.700 bits per heavy atom. The van der Waals surface area contributed by atoms with E-state index in [0.717, 1.165) is 0 Å². The van der Waals surface area contributed by atoms with Crippen LogP contribution < -0.4 is 15.3 Å². The van der Waals surface area contributed by atoms with Crippen LogP contribution in [-0.2, 0) is 0 Å². The second kappa shape index (κ2) is 49.4. The Bertz CT molecular complexity index is 17.7. The maximum absolute atomic E-state index is 8.93. The Hall–Kier alpha value is 1.14. The molecule has 0 amide bonds. The normalized spacial score (nSPS) is 5.40. The van der Waals surface area contributed by atoms with Crippen molar-refractivity contribution in [2.24, 2.45) is 0 Å². The average molecular weight is 300 g/mol. The summed E-state index contributed by atoms with van der Waals surface area (Å²) in [5.74, 6) is 0. The fraction of sp³-hybridized carbons (Fsp3) is 1.00. The molecule has 0 fully saturated rings. The van der Waals surface area contributed by atoms with Gasteiger partial charge < -0.3 is 15.3 Å². The molecule has 0 aromatic heterocycles. The molecule has 10 heavy (non-hydrogen) atoms. The molecule has 0 N–H and O–H groups in total.